The molecule has 0 spiro atoms. The van der Waals surface area contributed by atoms with Crippen molar-refractivity contribution in [1.82, 2.24) is 9.21 Å². The molecule has 6 heteroatoms. The van der Waals surface area contributed by atoms with Gasteiger partial charge in [0.1, 0.15) is 5.76 Å². The first-order valence-electron chi connectivity index (χ1n) is 6.84. The van der Waals surface area contributed by atoms with Crippen LogP contribution in [0.2, 0.25) is 0 Å². The van der Waals surface area contributed by atoms with E-state index in [-0.39, 0.29) is 5.75 Å². The summed E-state index contributed by atoms with van der Waals surface area (Å²) in [5.74, 6) is 1.21. The lowest BCUT2D eigenvalue weighted by atomic mass is 10.3. The van der Waals surface area contributed by atoms with Gasteiger partial charge in [-0.25, -0.2) is 8.42 Å². The van der Waals surface area contributed by atoms with E-state index in [0.29, 0.717) is 13.1 Å². The number of unbranched alkanes of at least 4 members (excludes halogenated alkanes) is 1. The molecule has 0 aromatic carbocycles. The number of sulfonamides is 1. The molecular formula is C13H22N2O3S. The lowest BCUT2D eigenvalue weighted by Crippen LogP contribution is -2.48. The molecule has 0 unspecified atom stereocenters. The fraction of sp³-hybridized carbons (Fsp3) is 0.692. The Bertz CT molecular complexity index is 462. The number of hydrogen-bond acceptors (Lipinski definition) is 4. The third-order valence-corrected chi connectivity index (χ3v) is 5.40. The molecule has 1 saturated heterocycles. The van der Waals surface area contributed by atoms with E-state index in [9.17, 15) is 8.42 Å². The van der Waals surface area contributed by atoms with Crippen molar-refractivity contribution in [2.75, 3.05) is 31.9 Å². The van der Waals surface area contributed by atoms with Crippen molar-refractivity contribution >= 4 is 10.0 Å². The first-order valence-corrected chi connectivity index (χ1v) is 8.45. The van der Waals surface area contributed by atoms with Gasteiger partial charge in [0, 0.05) is 26.2 Å². The van der Waals surface area contributed by atoms with Crippen LogP contribution in [0.1, 0.15) is 25.5 Å². The minimum atomic E-state index is -3.05. The van der Waals surface area contributed by atoms with Gasteiger partial charge in [-0.2, -0.15) is 4.31 Å². The first-order chi connectivity index (χ1) is 9.12. The number of piperazine rings is 1. The molecule has 1 aromatic heterocycles. The molecule has 1 aliphatic heterocycles. The second kappa shape index (κ2) is 6.54. The average Bonchev–Trinajstić information content (AvgIpc) is 2.90. The molecule has 0 aliphatic carbocycles. The average molecular weight is 286 g/mol. The van der Waals surface area contributed by atoms with Gasteiger partial charge < -0.3 is 4.42 Å². The van der Waals surface area contributed by atoms with Gasteiger partial charge in [0.2, 0.25) is 10.0 Å². The Morgan fingerprint density at radius 2 is 2.00 bits per heavy atom. The van der Waals surface area contributed by atoms with Crippen LogP contribution < -0.4 is 0 Å². The SMILES string of the molecule is CCCCS(=O)(=O)N1CCN(Cc2ccco2)CC1. The van der Waals surface area contributed by atoms with E-state index in [1.165, 1.54) is 0 Å². The van der Waals surface area contributed by atoms with Gasteiger partial charge in [0.15, 0.2) is 0 Å². The summed E-state index contributed by atoms with van der Waals surface area (Å²) in [5, 5.41) is 0. The topological polar surface area (TPSA) is 53.8 Å². The second-order valence-electron chi connectivity index (χ2n) is 4.92. The van der Waals surface area contributed by atoms with Crippen LogP contribution in [0.4, 0.5) is 0 Å². The molecule has 2 heterocycles. The highest BCUT2D eigenvalue weighted by molar-refractivity contribution is 7.89. The molecule has 19 heavy (non-hydrogen) atoms. The van der Waals surface area contributed by atoms with Gasteiger partial charge in [0.25, 0.3) is 0 Å². The van der Waals surface area contributed by atoms with Crippen molar-refractivity contribution in [2.24, 2.45) is 0 Å². The van der Waals surface area contributed by atoms with Crippen LogP contribution in [-0.2, 0) is 16.6 Å². The zero-order chi connectivity index (χ0) is 13.7. The van der Waals surface area contributed by atoms with E-state index in [1.54, 1.807) is 10.6 Å². The largest absolute Gasteiger partial charge is 0.468 e. The van der Waals surface area contributed by atoms with Crippen LogP contribution in [0.5, 0.6) is 0 Å². The molecule has 2 rings (SSSR count). The highest BCUT2D eigenvalue weighted by Gasteiger charge is 2.26. The summed E-state index contributed by atoms with van der Waals surface area (Å²) >= 11 is 0. The highest BCUT2D eigenvalue weighted by Crippen LogP contribution is 2.12. The summed E-state index contributed by atoms with van der Waals surface area (Å²) in [6, 6.07) is 3.82. The maximum absolute atomic E-state index is 12.1. The molecule has 1 fully saturated rings. The minimum absolute atomic E-state index is 0.279. The van der Waals surface area contributed by atoms with Crippen LogP contribution in [-0.4, -0.2) is 49.6 Å². The Balaban J connectivity index is 1.82. The quantitative estimate of drug-likeness (QED) is 0.796. The van der Waals surface area contributed by atoms with Crippen molar-refractivity contribution in [3.05, 3.63) is 24.2 Å². The van der Waals surface area contributed by atoms with Crippen LogP contribution in [0, 0.1) is 0 Å². The van der Waals surface area contributed by atoms with Gasteiger partial charge >= 0.3 is 0 Å². The molecule has 1 aliphatic rings. The zero-order valence-corrected chi connectivity index (χ0v) is 12.2. The highest BCUT2D eigenvalue weighted by atomic mass is 32.2. The van der Waals surface area contributed by atoms with E-state index in [4.69, 9.17) is 4.42 Å². The Hall–Kier alpha value is -0.850. The van der Waals surface area contributed by atoms with Crippen LogP contribution in [0.3, 0.4) is 0 Å². The standard InChI is InChI=1S/C13H22N2O3S/c1-2-3-11-19(16,17)15-8-6-14(7-9-15)12-13-5-4-10-18-13/h4-5,10H,2-3,6-9,11-12H2,1H3. The summed E-state index contributed by atoms with van der Waals surface area (Å²) in [6.45, 7) is 5.49. The molecule has 1 aromatic rings. The Kier molecular flexibility index (Phi) is 5.01. The molecule has 0 radical (unpaired) electrons. The van der Waals surface area contributed by atoms with Crippen molar-refractivity contribution in [1.29, 1.82) is 0 Å². The smallest absolute Gasteiger partial charge is 0.214 e. The maximum atomic E-state index is 12.1. The molecule has 0 bridgehead atoms. The Morgan fingerprint density at radius 1 is 1.26 bits per heavy atom. The Morgan fingerprint density at radius 3 is 2.58 bits per heavy atom. The third kappa shape index (κ3) is 4.06. The molecule has 0 saturated carbocycles. The summed E-state index contributed by atoms with van der Waals surface area (Å²) < 4.78 is 31.1. The molecule has 0 atom stereocenters. The molecule has 5 nitrogen and oxygen atoms in total. The Labute approximate surface area is 115 Å². The second-order valence-corrected chi connectivity index (χ2v) is 7.01. The van der Waals surface area contributed by atoms with E-state index in [1.807, 2.05) is 19.1 Å². The third-order valence-electron chi connectivity index (χ3n) is 3.44. The van der Waals surface area contributed by atoms with E-state index in [0.717, 1.165) is 38.2 Å². The van der Waals surface area contributed by atoms with Crippen molar-refractivity contribution in [3.63, 3.8) is 0 Å². The fourth-order valence-electron chi connectivity index (χ4n) is 2.24. The summed E-state index contributed by atoms with van der Waals surface area (Å²) in [5.41, 5.74) is 0. The summed E-state index contributed by atoms with van der Waals surface area (Å²) in [6.07, 6.45) is 3.33. The monoisotopic (exact) mass is 286 g/mol. The maximum Gasteiger partial charge on any atom is 0.214 e. The van der Waals surface area contributed by atoms with E-state index < -0.39 is 10.0 Å². The van der Waals surface area contributed by atoms with Gasteiger partial charge in [-0.1, -0.05) is 13.3 Å². The van der Waals surface area contributed by atoms with E-state index in [2.05, 4.69) is 4.90 Å². The number of hydrogen-bond donors (Lipinski definition) is 0. The molecule has 108 valence electrons. The van der Waals surface area contributed by atoms with Crippen molar-refractivity contribution in [2.45, 2.75) is 26.3 Å². The van der Waals surface area contributed by atoms with Crippen molar-refractivity contribution < 1.29 is 12.8 Å². The van der Waals surface area contributed by atoms with Crippen LogP contribution in [0.25, 0.3) is 0 Å². The normalized spacial score (nSPS) is 18.8. The number of furan rings is 1. The molecule has 0 N–H and O–H groups in total. The predicted octanol–water partition coefficient (Wildman–Crippen LogP) is 1.53. The van der Waals surface area contributed by atoms with Crippen LogP contribution >= 0.6 is 0 Å². The molecule has 0 amide bonds. The summed E-state index contributed by atoms with van der Waals surface area (Å²) in [4.78, 5) is 2.23. The number of nitrogens with zero attached hydrogens (tertiary/aromatic N) is 2. The lowest BCUT2D eigenvalue weighted by Gasteiger charge is -2.33. The first kappa shape index (κ1) is 14.6. The van der Waals surface area contributed by atoms with E-state index >= 15 is 0 Å². The van der Waals surface area contributed by atoms with Gasteiger partial charge in [-0.05, 0) is 18.6 Å². The van der Waals surface area contributed by atoms with Gasteiger partial charge in [-0.15, -0.1) is 0 Å². The summed E-state index contributed by atoms with van der Waals surface area (Å²) in [7, 11) is -3.05. The lowest BCUT2D eigenvalue weighted by molar-refractivity contribution is 0.171. The fourth-order valence-corrected chi connectivity index (χ4v) is 3.88. The van der Waals surface area contributed by atoms with Gasteiger partial charge in [0.05, 0.1) is 18.6 Å². The predicted molar refractivity (Wildman–Crippen MR) is 74.3 cm³/mol. The van der Waals surface area contributed by atoms with Gasteiger partial charge in [-0.3, -0.25) is 4.90 Å². The number of rotatable bonds is 6. The van der Waals surface area contributed by atoms with Crippen LogP contribution in [0.15, 0.2) is 22.8 Å². The zero-order valence-electron chi connectivity index (χ0n) is 11.4. The molecular weight excluding hydrogens is 264 g/mol. The minimum Gasteiger partial charge on any atom is -0.468 e. The van der Waals surface area contributed by atoms with Crippen molar-refractivity contribution in [3.8, 4) is 0 Å².